The van der Waals surface area contributed by atoms with Crippen LogP contribution in [0.4, 0.5) is 5.69 Å². The van der Waals surface area contributed by atoms with E-state index in [1.54, 1.807) is 0 Å². The van der Waals surface area contributed by atoms with E-state index in [9.17, 15) is 9.59 Å². The SMILES string of the molecule is CC(C)(C)OC=O.O=C(Nc1cc(-c2c3c4ccccc4n2-3)ccc1Cl)C1CCCCC1. The molecule has 6 heteroatoms. The van der Waals surface area contributed by atoms with E-state index in [0.717, 1.165) is 36.9 Å². The summed E-state index contributed by atoms with van der Waals surface area (Å²) in [6.45, 7) is 5.92. The van der Waals surface area contributed by atoms with Crippen LogP contribution in [0.15, 0.2) is 42.5 Å². The molecule has 2 aromatic carbocycles. The minimum absolute atomic E-state index is 0.110. The monoisotopic (exact) mass is 452 g/mol. The van der Waals surface area contributed by atoms with Gasteiger partial charge in [-0.1, -0.05) is 55.1 Å². The fourth-order valence-electron chi connectivity index (χ4n) is 4.25. The molecule has 0 aromatic heterocycles. The number of fused-ring (bicyclic) bond motifs is 4. The second-order valence-corrected chi connectivity index (χ2v) is 9.80. The summed E-state index contributed by atoms with van der Waals surface area (Å²) >= 11 is 6.34. The molecule has 0 atom stereocenters. The van der Waals surface area contributed by atoms with Crippen molar-refractivity contribution in [3.8, 4) is 16.9 Å². The molecule has 1 fully saturated rings. The van der Waals surface area contributed by atoms with Gasteiger partial charge in [-0.15, -0.1) is 0 Å². The van der Waals surface area contributed by atoms with Crippen LogP contribution in [-0.2, 0) is 14.3 Å². The Hall–Kier alpha value is -2.79. The maximum Gasteiger partial charge on any atom is 0.293 e. The number of ether oxygens (including phenoxy) is 1. The second kappa shape index (κ2) is 8.99. The van der Waals surface area contributed by atoms with Crippen LogP contribution in [0.1, 0.15) is 52.9 Å². The molecule has 1 aliphatic carbocycles. The molecule has 0 radical (unpaired) electrons. The number of para-hydroxylation sites is 1. The lowest BCUT2D eigenvalue weighted by molar-refractivity contribution is -0.138. The lowest BCUT2D eigenvalue weighted by Crippen LogP contribution is -2.24. The van der Waals surface area contributed by atoms with Crippen LogP contribution in [0.25, 0.3) is 27.8 Å². The highest BCUT2D eigenvalue weighted by Crippen LogP contribution is 2.51. The van der Waals surface area contributed by atoms with Gasteiger partial charge >= 0.3 is 0 Å². The summed E-state index contributed by atoms with van der Waals surface area (Å²) in [5, 5.41) is 4.96. The maximum atomic E-state index is 12.5. The van der Waals surface area contributed by atoms with Crippen LogP contribution in [-0.4, -0.2) is 22.5 Å². The molecule has 5 rings (SSSR count). The Balaban J connectivity index is 0.000000307. The summed E-state index contributed by atoms with van der Waals surface area (Å²) in [5.41, 5.74) is 5.29. The fraction of sp³-hybridized carbons (Fsp3) is 0.385. The van der Waals surface area contributed by atoms with Crippen molar-refractivity contribution in [3.05, 3.63) is 47.5 Å². The lowest BCUT2D eigenvalue weighted by atomic mass is 9.88. The van der Waals surface area contributed by atoms with E-state index in [-0.39, 0.29) is 17.4 Å². The van der Waals surface area contributed by atoms with Crippen molar-refractivity contribution in [2.45, 2.75) is 58.5 Å². The molecule has 2 aromatic rings. The minimum atomic E-state index is -0.318. The van der Waals surface area contributed by atoms with E-state index in [1.165, 1.54) is 28.7 Å². The van der Waals surface area contributed by atoms with E-state index >= 15 is 0 Å². The van der Waals surface area contributed by atoms with Gasteiger partial charge in [-0.25, -0.2) is 0 Å². The van der Waals surface area contributed by atoms with Crippen molar-refractivity contribution < 1.29 is 14.3 Å². The van der Waals surface area contributed by atoms with Crippen LogP contribution in [0.3, 0.4) is 0 Å². The van der Waals surface area contributed by atoms with Gasteiger partial charge in [0.25, 0.3) is 6.47 Å². The molecule has 0 unspecified atom stereocenters. The minimum Gasteiger partial charge on any atom is -0.462 e. The van der Waals surface area contributed by atoms with Crippen molar-refractivity contribution in [1.29, 1.82) is 0 Å². The number of rotatable bonds is 4. The van der Waals surface area contributed by atoms with Gasteiger partial charge in [-0.2, -0.15) is 0 Å². The molecular formula is C26H29ClN2O3. The molecule has 168 valence electrons. The van der Waals surface area contributed by atoms with Crippen LogP contribution in [0, 0.1) is 5.92 Å². The normalized spacial score (nSPS) is 15.0. The third kappa shape index (κ3) is 4.68. The van der Waals surface area contributed by atoms with Gasteiger partial charge in [-0.05, 0) is 51.8 Å². The van der Waals surface area contributed by atoms with Gasteiger partial charge in [-0.3, -0.25) is 9.59 Å². The highest BCUT2D eigenvalue weighted by molar-refractivity contribution is 6.34. The van der Waals surface area contributed by atoms with Gasteiger partial charge in [0.1, 0.15) is 5.60 Å². The molecule has 3 aliphatic rings. The van der Waals surface area contributed by atoms with Gasteiger partial charge in [0.2, 0.25) is 5.91 Å². The Kier molecular flexibility index (Phi) is 6.29. The molecule has 1 saturated carbocycles. The second-order valence-electron chi connectivity index (χ2n) is 9.40. The standard InChI is InChI=1S/C21H19ClN2O.C5H10O2/c22-16-11-10-14(19-20-15-8-4-5-9-18(15)24(19)20)12-17(16)23-21(25)13-6-2-1-3-7-13;1-5(2,3)7-4-6/h4-5,8-13H,1-3,6-7H2,(H,23,25);4H,1-3H3. The van der Waals surface area contributed by atoms with Crippen LogP contribution in [0.2, 0.25) is 5.02 Å². The number of nitrogens with zero attached hydrogens (tertiary/aromatic N) is 1. The van der Waals surface area contributed by atoms with Crippen molar-refractivity contribution in [1.82, 2.24) is 4.57 Å². The van der Waals surface area contributed by atoms with E-state index in [4.69, 9.17) is 11.6 Å². The molecule has 5 nitrogen and oxygen atoms in total. The predicted octanol–water partition coefficient (Wildman–Crippen LogP) is 6.74. The predicted molar refractivity (Wildman–Crippen MR) is 129 cm³/mol. The number of anilines is 1. The maximum absolute atomic E-state index is 12.5. The average Bonchev–Trinajstić information content (AvgIpc) is 3.42. The molecular weight excluding hydrogens is 424 g/mol. The summed E-state index contributed by atoms with van der Waals surface area (Å²) in [5.74, 6) is 0.236. The van der Waals surface area contributed by atoms with E-state index in [0.29, 0.717) is 11.5 Å². The molecule has 1 N–H and O–H groups in total. The van der Waals surface area contributed by atoms with Crippen molar-refractivity contribution >= 4 is 40.6 Å². The van der Waals surface area contributed by atoms with E-state index in [1.807, 2.05) is 39.0 Å². The number of nitrogens with one attached hydrogen (secondary N) is 1. The molecule has 1 amide bonds. The largest absolute Gasteiger partial charge is 0.462 e. The average molecular weight is 453 g/mol. The fourth-order valence-corrected chi connectivity index (χ4v) is 4.41. The summed E-state index contributed by atoms with van der Waals surface area (Å²) in [4.78, 5) is 22.1. The first-order valence-electron chi connectivity index (χ1n) is 11.2. The molecule has 2 aliphatic heterocycles. The number of carbonyl (C=O) groups is 2. The van der Waals surface area contributed by atoms with Gasteiger partial charge in [0, 0.05) is 16.9 Å². The van der Waals surface area contributed by atoms with Crippen molar-refractivity contribution in [2.24, 2.45) is 5.92 Å². The first-order valence-corrected chi connectivity index (χ1v) is 11.5. The number of halogens is 1. The number of carbonyl (C=O) groups excluding carboxylic acids is 2. The third-order valence-corrected chi connectivity index (χ3v) is 6.23. The Bertz CT molecular complexity index is 1110. The summed E-state index contributed by atoms with van der Waals surface area (Å²) in [6, 6.07) is 14.3. The van der Waals surface area contributed by atoms with Crippen LogP contribution >= 0.6 is 11.6 Å². The summed E-state index contributed by atoms with van der Waals surface area (Å²) in [7, 11) is 0. The molecule has 32 heavy (non-hydrogen) atoms. The van der Waals surface area contributed by atoms with Gasteiger partial charge in [0.15, 0.2) is 0 Å². The van der Waals surface area contributed by atoms with Crippen molar-refractivity contribution in [2.75, 3.05) is 5.32 Å². The Labute approximate surface area is 193 Å². The molecule has 0 saturated heterocycles. The third-order valence-electron chi connectivity index (χ3n) is 5.90. The zero-order valence-corrected chi connectivity index (χ0v) is 19.5. The first-order chi connectivity index (χ1) is 15.3. The number of hydrogen-bond acceptors (Lipinski definition) is 3. The summed E-state index contributed by atoms with van der Waals surface area (Å²) in [6.07, 6.45) is 5.51. The molecule has 0 spiro atoms. The molecule has 2 heterocycles. The van der Waals surface area contributed by atoms with E-state index < -0.39 is 0 Å². The van der Waals surface area contributed by atoms with Crippen LogP contribution < -0.4 is 5.32 Å². The highest BCUT2D eigenvalue weighted by atomic mass is 35.5. The molecule has 0 bridgehead atoms. The zero-order chi connectivity index (χ0) is 22.9. The highest BCUT2D eigenvalue weighted by Gasteiger charge is 2.33. The van der Waals surface area contributed by atoms with Gasteiger partial charge in [0.05, 0.1) is 27.6 Å². The van der Waals surface area contributed by atoms with E-state index in [2.05, 4.69) is 38.9 Å². The number of benzene rings is 2. The topological polar surface area (TPSA) is 60.3 Å². The smallest absolute Gasteiger partial charge is 0.293 e. The quantitative estimate of drug-likeness (QED) is 0.349. The number of aromatic nitrogens is 1. The Morgan fingerprint density at radius 1 is 1.12 bits per heavy atom. The lowest BCUT2D eigenvalue weighted by Gasteiger charge is -2.21. The first kappa shape index (κ1) is 22.4. The number of hydrogen-bond donors (Lipinski definition) is 1. The Morgan fingerprint density at radius 2 is 1.84 bits per heavy atom. The zero-order valence-electron chi connectivity index (χ0n) is 18.8. The van der Waals surface area contributed by atoms with Crippen molar-refractivity contribution in [3.63, 3.8) is 0 Å². The van der Waals surface area contributed by atoms with Crippen LogP contribution in [0.5, 0.6) is 0 Å². The summed E-state index contributed by atoms with van der Waals surface area (Å²) < 4.78 is 6.80. The Morgan fingerprint density at radius 3 is 2.47 bits per heavy atom. The van der Waals surface area contributed by atoms with Gasteiger partial charge < -0.3 is 14.6 Å². The number of amides is 1.